The molecule has 0 aliphatic carbocycles. The zero-order chi connectivity index (χ0) is 20.6. The summed E-state index contributed by atoms with van der Waals surface area (Å²) < 4.78 is 5.90. The molecule has 1 N–H and O–H groups in total. The molecule has 148 valence electrons. The van der Waals surface area contributed by atoms with Crippen molar-refractivity contribution in [1.82, 2.24) is 4.98 Å². The number of rotatable bonds is 4. The van der Waals surface area contributed by atoms with Crippen molar-refractivity contribution in [3.05, 3.63) is 22.5 Å². The molecule has 0 spiro atoms. The van der Waals surface area contributed by atoms with E-state index >= 15 is 0 Å². The van der Waals surface area contributed by atoms with Crippen molar-refractivity contribution in [3.8, 4) is 6.07 Å². The Morgan fingerprint density at radius 2 is 1.81 bits per heavy atom. The zero-order valence-electron chi connectivity index (χ0n) is 17.5. The fourth-order valence-corrected chi connectivity index (χ4v) is 3.54. The van der Waals surface area contributed by atoms with Crippen LogP contribution in [0.3, 0.4) is 0 Å². The topological polar surface area (TPSA) is 86.5 Å². The van der Waals surface area contributed by atoms with Gasteiger partial charge < -0.3 is 14.7 Å². The first kappa shape index (κ1) is 21.2. The maximum absolute atomic E-state index is 12.1. The van der Waals surface area contributed by atoms with Gasteiger partial charge in [0.05, 0.1) is 22.5 Å². The maximum atomic E-state index is 12.1. The van der Waals surface area contributed by atoms with E-state index in [0.29, 0.717) is 28.2 Å². The van der Waals surface area contributed by atoms with E-state index in [1.54, 1.807) is 13.8 Å². The molecule has 6 nitrogen and oxygen atoms in total. The number of carbonyl (C=O) groups is 1. The number of ether oxygens (including phenoxy) is 1. The molecule has 0 amide bonds. The Hall–Kier alpha value is -2.13. The summed E-state index contributed by atoms with van der Waals surface area (Å²) in [5, 5.41) is 19.7. The van der Waals surface area contributed by atoms with Gasteiger partial charge in [0, 0.05) is 24.3 Å². The Bertz CT molecular complexity index is 762. The number of nitriles is 1. The van der Waals surface area contributed by atoms with Gasteiger partial charge in [-0.3, -0.25) is 4.98 Å². The molecule has 1 aromatic heterocycles. The predicted octanol–water partition coefficient (Wildman–Crippen LogP) is 4.14. The summed E-state index contributed by atoms with van der Waals surface area (Å²) in [6, 6.07) is 2.25. The average molecular weight is 373 g/mol. The molecule has 1 unspecified atom stereocenters. The summed E-state index contributed by atoms with van der Waals surface area (Å²) in [5.41, 5.74) is 2.44. The van der Waals surface area contributed by atoms with E-state index in [1.165, 1.54) is 0 Å². The molecule has 1 aliphatic heterocycles. The van der Waals surface area contributed by atoms with Crippen LogP contribution in [0.2, 0.25) is 0 Å². The molecule has 0 aromatic carbocycles. The summed E-state index contributed by atoms with van der Waals surface area (Å²) in [6.07, 6.45) is 0.792. The maximum Gasteiger partial charge on any atom is 0.337 e. The van der Waals surface area contributed by atoms with E-state index in [-0.39, 0.29) is 5.41 Å². The summed E-state index contributed by atoms with van der Waals surface area (Å²) in [6.45, 7) is 15.1. The van der Waals surface area contributed by atoms with Gasteiger partial charge in [-0.15, -0.1) is 0 Å². The number of pyridine rings is 1. The molecule has 1 aromatic rings. The number of aromatic nitrogens is 1. The van der Waals surface area contributed by atoms with Crippen LogP contribution in [0.5, 0.6) is 0 Å². The third kappa shape index (κ3) is 4.78. The lowest BCUT2D eigenvalue weighted by Crippen LogP contribution is -2.39. The van der Waals surface area contributed by atoms with Crippen molar-refractivity contribution >= 4 is 11.7 Å². The van der Waals surface area contributed by atoms with Crippen molar-refractivity contribution in [2.45, 2.75) is 73.0 Å². The summed E-state index contributed by atoms with van der Waals surface area (Å²) in [4.78, 5) is 18.7. The first-order chi connectivity index (χ1) is 12.4. The minimum atomic E-state index is -1.17. The number of nitrogens with zero attached hydrogens (tertiary/aromatic N) is 3. The number of carboxylic acid groups (broad SMARTS) is 1. The third-order valence-electron chi connectivity index (χ3n) is 5.08. The second kappa shape index (κ2) is 7.47. The molecule has 0 saturated carbocycles. The van der Waals surface area contributed by atoms with Crippen LogP contribution in [0, 0.1) is 30.6 Å². The van der Waals surface area contributed by atoms with Crippen LogP contribution in [0.25, 0.3) is 0 Å². The lowest BCUT2D eigenvalue weighted by atomic mass is 9.82. The Labute approximate surface area is 162 Å². The van der Waals surface area contributed by atoms with E-state index in [2.05, 4.69) is 29.8 Å². The van der Waals surface area contributed by atoms with E-state index < -0.39 is 17.7 Å². The van der Waals surface area contributed by atoms with Crippen LogP contribution < -0.4 is 4.90 Å². The largest absolute Gasteiger partial charge is 0.479 e. The number of piperidine rings is 1. The van der Waals surface area contributed by atoms with E-state index in [1.807, 2.05) is 20.8 Å². The minimum Gasteiger partial charge on any atom is -0.479 e. The monoisotopic (exact) mass is 373 g/mol. The Morgan fingerprint density at radius 3 is 2.26 bits per heavy atom. The Morgan fingerprint density at radius 1 is 1.26 bits per heavy atom. The van der Waals surface area contributed by atoms with Crippen LogP contribution in [0.15, 0.2) is 0 Å². The molecule has 2 rings (SSSR count). The van der Waals surface area contributed by atoms with Gasteiger partial charge in [-0.05, 0) is 52.9 Å². The molecule has 1 saturated heterocycles. The first-order valence-electron chi connectivity index (χ1n) is 9.43. The van der Waals surface area contributed by atoms with Crippen LogP contribution in [-0.2, 0) is 9.53 Å². The highest BCUT2D eigenvalue weighted by Crippen LogP contribution is 2.40. The lowest BCUT2D eigenvalue weighted by molar-refractivity contribution is -0.160. The highest BCUT2D eigenvalue weighted by molar-refractivity contribution is 5.80. The van der Waals surface area contributed by atoms with Gasteiger partial charge in [0.2, 0.25) is 0 Å². The smallest absolute Gasteiger partial charge is 0.337 e. The number of anilines is 1. The molecule has 27 heavy (non-hydrogen) atoms. The highest BCUT2D eigenvalue weighted by Gasteiger charge is 2.36. The highest BCUT2D eigenvalue weighted by atomic mass is 16.5. The molecule has 1 atom stereocenters. The van der Waals surface area contributed by atoms with Crippen molar-refractivity contribution in [1.29, 1.82) is 5.26 Å². The molecule has 1 aliphatic rings. The second-order valence-corrected chi connectivity index (χ2v) is 9.13. The van der Waals surface area contributed by atoms with Crippen molar-refractivity contribution < 1.29 is 14.6 Å². The zero-order valence-corrected chi connectivity index (χ0v) is 17.5. The second-order valence-electron chi connectivity index (χ2n) is 9.13. The average Bonchev–Trinajstić information content (AvgIpc) is 2.51. The SMILES string of the molecule is Cc1nc(C)c(C(OC(C)(C)C)C(=O)O)c(N2CCC(C)(C)CC2)c1C#N. The van der Waals surface area contributed by atoms with Crippen molar-refractivity contribution in [2.75, 3.05) is 18.0 Å². The molecule has 0 radical (unpaired) electrons. The van der Waals surface area contributed by atoms with Gasteiger partial charge in [0.1, 0.15) is 6.07 Å². The number of hydrogen-bond donors (Lipinski definition) is 1. The predicted molar refractivity (Wildman–Crippen MR) is 105 cm³/mol. The first-order valence-corrected chi connectivity index (χ1v) is 9.43. The molecule has 6 heteroatoms. The molecule has 1 fully saturated rings. The normalized spacial score (nSPS) is 18.1. The van der Waals surface area contributed by atoms with Gasteiger partial charge in [-0.1, -0.05) is 13.8 Å². The van der Waals surface area contributed by atoms with Crippen LogP contribution >= 0.6 is 0 Å². The molecule has 0 bridgehead atoms. The fraction of sp³-hybridized carbons (Fsp3) is 0.667. The van der Waals surface area contributed by atoms with Gasteiger partial charge in [-0.2, -0.15) is 5.26 Å². The van der Waals surface area contributed by atoms with E-state index in [0.717, 1.165) is 25.9 Å². The van der Waals surface area contributed by atoms with E-state index in [9.17, 15) is 15.2 Å². The van der Waals surface area contributed by atoms with Crippen LogP contribution in [0.1, 0.15) is 76.1 Å². The number of aliphatic carboxylic acids is 1. The molecule has 2 heterocycles. The van der Waals surface area contributed by atoms with Gasteiger partial charge >= 0.3 is 5.97 Å². The summed E-state index contributed by atoms with van der Waals surface area (Å²) in [5.74, 6) is -1.07. The number of hydrogen-bond acceptors (Lipinski definition) is 5. The lowest BCUT2D eigenvalue weighted by Gasteiger charge is -2.40. The quantitative estimate of drug-likeness (QED) is 0.854. The minimum absolute atomic E-state index is 0.245. The fourth-order valence-electron chi connectivity index (χ4n) is 3.54. The Kier molecular flexibility index (Phi) is 5.86. The van der Waals surface area contributed by atoms with E-state index in [4.69, 9.17) is 4.74 Å². The standard InChI is InChI=1S/C21H31N3O3/c1-13-15(12-22)17(24-10-8-21(6,7)9-11-24)16(14(2)23-13)18(19(25)26)27-20(3,4)5/h18H,8-11H2,1-7H3,(H,25,26). The summed E-state index contributed by atoms with van der Waals surface area (Å²) >= 11 is 0. The third-order valence-corrected chi connectivity index (χ3v) is 5.08. The van der Waals surface area contributed by atoms with Crippen LogP contribution in [-0.4, -0.2) is 34.8 Å². The van der Waals surface area contributed by atoms with Gasteiger partial charge in [0.25, 0.3) is 0 Å². The molecular formula is C21H31N3O3. The molecular weight excluding hydrogens is 342 g/mol. The van der Waals surface area contributed by atoms with Crippen LogP contribution in [0.4, 0.5) is 5.69 Å². The van der Waals surface area contributed by atoms with Gasteiger partial charge in [-0.25, -0.2) is 4.79 Å². The summed E-state index contributed by atoms with van der Waals surface area (Å²) in [7, 11) is 0. The number of carboxylic acids is 1. The van der Waals surface area contributed by atoms with Crippen molar-refractivity contribution in [2.24, 2.45) is 5.41 Å². The van der Waals surface area contributed by atoms with Gasteiger partial charge in [0.15, 0.2) is 6.10 Å². The van der Waals surface area contributed by atoms with Crippen molar-refractivity contribution in [3.63, 3.8) is 0 Å². The Balaban J connectivity index is 2.66. The number of aryl methyl sites for hydroxylation is 2.